The van der Waals surface area contributed by atoms with Crippen LogP contribution in [0.25, 0.3) is 5.65 Å². The normalized spacial score (nSPS) is 11.0. The van der Waals surface area contributed by atoms with E-state index in [0.29, 0.717) is 28.4 Å². The van der Waals surface area contributed by atoms with Gasteiger partial charge in [-0.3, -0.25) is 19.5 Å². The maximum atomic E-state index is 12.6. The molecular formula is C21H20N6O3. The third-order valence-electron chi connectivity index (χ3n) is 4.99. The fraction of sp³-hybridized carbons (Fsp3) is 0.190. The molecule has 0 bridgehead atoms. The summed E-state index contributed by atoms with van der Waals surface area (Å²) >= 11 is 0. The lowest BCUT2D eigenvalue weighted by molar-refractivity contribution is -0.115. The van der Waals surface area contributed by atoms with Crippen LogP contribution in [0.2, 0.25) is 0 Å². The zero-order valence-corrected chi connectivity index (χ0v) is 16.8. The zero-order chi connectivity index (χ0) is 21.4. The van der Waals surface area contributed by atoms with Crippen molar-refractivity contribution in [2.75, 3.05) is 5.32 Å². The third-order valence-corrected chi connectivity index (χ3v) is 4.99. The second kappa shape index (κ2) is 7.43. The number of aromatic nitrogens is 5. The molecule has 0 aliphatic carbocycles. The van der Waals surface area contributed by atoms with Crippen LogP contribution in [0.5, 0.6) is 0 Å². The first-order valence-electron chi connectivity index (χ1n) is 9.33. The average Bonchev–Trinajstić information content (AvgIpc) is 3.30. The molecule has 0 aliphatic heterocycles. The smallest absolute Gasteiger partial charge is 0.266 e. The van der Waals surface area contributed by atoms with Crippen molar-refractivity contribution in [3.8, 4) is 0 Å². The van der Waals surface area contributed by atoms with Gasteiger partial charge in [0.05, 0.1) is 6.42 Å². The summed E-state index contributed by atoms with van der Waals surface area (Å²) in [5.74, 6) is -0.0598. The Hall–Kier alpha value is -4.01. The van der Waals surface area contributed by atoms with Crippen LogP contribution in [-0.2, 0) is 18.3 Å². The largest absolute Gasteiger partial charge is 0.331 e. The predicted octanol–water partition coefficient (Wildman–Crippen LogP) is 1.79. The molecule has 1 amide bonds. The topological polar surface area (TPSA) is 114 Å². The molecule has 1 aromatic carbocycles. The number of carbonyl (C=O) groups is 2. The van der Waals surface area contributed by atoms with Crippen LogP contribution in [-0.4, -0.2) is 35.8 Å². The summed E-state index contributed by atoms with van der Waals surface area (Å²) in [6.07, 6.45) is 3.39. The highest BCUT2D eigenvalue weighted by atomic mass is 16.2. The minimum Gasteiger partial charge on any atom is -0.331 e. The second-order valence-electron chi connectivity index (χ2n) is 7.07. The van der Waals surface area contributed by atoms with Crippen LogP contribution in [0.15, 0.2) is 47.5 Å². The van der Waals surface area contributed by atoms with E-state index in [-0.39, 0.29) is 23.7 Å². The molecule has 0 radical (unpaired) electrons. The van der Waals surface area contributed by atoms with Gasteiger partial charge >= 0.3 is 0 Å². The Morgan fingerprint density at radius 3 is 2.57 bits per heavy atom. The molecule has 0 fully saturated rings. The Morgan fingerprint density at radius 1 is 1.17 bits per heavy atom. The Morgan fingerprint density at radius 2 is 1.90 bits per heavy atom. The van der Waals surface area contributed by atoms with E-state index >= 15 is 0 Å². The van der Waals surface area contributed by atoms with Crippen LogP contribution in [0.1, 0.15) is 33.1 Å². The Balaban J connectivity index is 1.49. The van der Waals surface area contributed by atoms with E-state index in [4.69, 9.17) is 0 Å². The maximum Gasteiger partial charge on any atom is 0.266 e. The first-order valence-corrected chi connectivity index (χ1v) is 9.33. The van der Waals surface area contributed by atoms with Crippen LogP contribution in [0.4, 0.5) is 5.69 Å². The Labute approximate surface area is 171 Å². The van der Waals surface area contributed by atoms with E-state index in [1.807, 2.05) is 13.8 Å². The third kappa shape index (κ3) is 3.52. The highest BCUT2D eigenvalue weighted by Crippen LogP contribution is 2.16. The first kappa shape index (κ1) is 19.3. The number of carbonyl (C=O) groups excluding carboxylic acids is 2. The van der Waals surface area contributed by atoms with Crippen molar-refractivity contribution in [1.82, 2.24) is 24.1 Å². The zero-order valence-electron chi connectivity index (χ0n) is 16.8. The quantitative estimate of drug-likeness (QED) is 0.492. The van der Waals surface area contributed by atoms with Crippen molar-refractivity contribution < 1.29 is 9.59 Å². The lowest BCUT2D eigenvalue weighted by Gasteiger charge is -2.12. The summed E-state index contributed by atoms with van der Waals surface area (Å²) in [4.78, 5) is 45.1. The van der Waals surface area contributed by atoms with Gasteiger partial charge in [0, 0.05) is 53.7 Å². The number of H-pyrrole nitrogens is 1. The van der Waals surface area contributed by atoms with Gasteiger partial charge in [-0.05, 0) is 38.1 Å². The summed E-state index contributed by atoms with van der Waals surface area (Å²) in [6.45, 7) is 3.64. The number of amides is 1. The minimum atomic E-state index is -0.244. The number of hydrogen-bond acceptors (Lipinski definition) is 5. The summed E-state index contributed by atoms with van der Waals surface area (Å²) in [5.41, 5.74) is 3.53. The molecule has 9 nitrogen and oxygen atoms in total. The predicted molar refractivity (Wildman–Crippen MR) is 111 cm³/mol. The van der Waals surface area contributed by atoms with Crippen LogP contribution in [0, 0.1) is 13.8 Å². The van der Waals surface area contributed by atoms with Crippen LogP contribution in [0.3, 0.4) is 0 Å². The van der Waals surface area contributed by atoms with E-state index < -0.39 is 0 Å². The molecular weight excluding hydrogens is 384 g/mol. The summed E-state index contributed by atoms with van der Waals surface area (Å²) in [5, 5.41) is 5.51. The Kier molecular flexibility index (Phi) is 4.78. The fourth-order valence-corrected chi connectivity index (χ4v) is 3.40. The molecule has 0 saturated carbocycles. The van der Waals surface area contributed by atoms with Gasteiger partial charge in [0.1, 0.15) is 0 Å². The van der Waals surface area contributed by atoms with Crippen molar-refractivity contribution >= 4 is 23.0 Å². The highest BCUT2D eigenvalue weighted by molar-refractivity contribution is 6.07. The van der Waals surface area contributed by atoms with E-state index in [0.717, 1.165) is 11.3 Å². The van der Waals surface area contributed by atoms with Crippen LogP contribution < -0.4 is 10.9 Å². The molecule has 3 heterocycles. The summed E-state index contributed by atoms with van der Waals surface area (Å²) in [6, 6.07) is 8.08. The van der Waals surface area contributed by atoms with Crippen molar-refractivity contribution in [2.24, 2.45) is 7.05 Å². The van der Waals surface area contributed by atoms with Crippen molar-refractivity contribution in [2.45, 2.75) is 20.3 Å². The molecule has 9 heteroatoms. The summed E-state index contributed by atoms with van der Waals surface area (Å²) in [7, 11) is 1.76. The van der Waals surface area contributed by atoms with Crippen molar-refractivity contribution in [1.29, 1.82) is 0 Å². The first-order chi connectivity index (χ1) is 14.3. The Bertz CT molecular complexity index is 1330. The molecule has 0 aliphatic rings. The number of nitrogens with one attached hydrogen (secondary N) is 2. The van der Waals surface area contributed by atoms with E-state index in [2.05, 4.69) is 20.4 Å². The van der Waals surface area contributed by atoms with E-state index in [1.54, 1.807) is 52.8 Å². The lowest BCUT2D eigenvalue weighted by atomic mass is 10.1. The number of anilines is 1. The summed E-state index contributed by atoms with van der Waals surface area (Å²) < 4.78 is 3.24. The lowest BCUT2D eigenvalue weighted by Crippen LogP contribution is -2.18. The number of fused-ring (bicyclic) bond motifs is 1. The van der Waals surface area contributed by atoms with Crippen molar-refractivity contribution in [3.05, 3.63) is 81.4 Å². The molecule has 0 atom stereocenters. The SMILES string of the molecule is Cc1nc2cc(=O)[nH]n2c(C)c1CC(=O)Nc1ccc(C(=O)c2nccn2C)cc1. The van der Waals surface area contributed by atoms with E-state index in [9.17, 15) is 14.4 Å². The van der Waals surface area contributed by atoms with Crippen molar-refractivity contribution in [3.63, 3.8) is 0 Å². The van der Waals surface area contributed by atoms with Gasteiger partial charge in [-0.1, -0.05) is 0 Å². The number of aryl methyl sites for hydroxylation is 3. The standard InChI is InChI=1S/C21H20N6O3/c1-12-16(13(2)27-17(23-12)11-19(29)25-27)10-18(28)24-15-6-4-14(5-7-15)20(30)21-22-8-9-26(21)3/h4-9,11H,10H2,1-3H3,(H,24,28)(H,25,29). The maximum absolute atomic E-state index is 12.6. The number of rotatable bonds is 5. The van der Waals surface area contributed by atoms with E-state index in [1.165, 1.54) is 6.07 Å². The fourth-order valence-electron chi connectivity index (χ4n) is 3.40. The number of benzene rings is 1. The number of aromatic amines is 1. The highest BCUT2D eigenvalue weighted by Gasteiger charge is 2.16. The molecule has 0 saturated heterocycles. The molecule has 2 N–H and O–H groups in total. The van der Waals surface area contributed by atoms with Gasteiger partial charge in [0.2, 0.25) is 11.7 Å². The second-order valence-corrected chi connectivity index (χ2v) is 7.07. The molecule has 0 spiro atoms. The number of imidazole rings is 1. The van der Waals surface area contributed by atoms with Gasteiger partial charge in [0.15, 0.2) is 11.5 Å². The number of hydrogen-bond donors (Lipinski definition) is 2. The monoisotopic (exact) mass is 404 g/mol. The number of ketones is 1. The average molecular weight is 404 g/mol. The minimum absolute atomic E-state index is 0.106. The van der Waals surface area contributed by atoms with Gasteiger partial charge in [-0.2, -0.15) is 0 Å². The molecule has 3 aromatic heterocycles. The number of nitrogens with zero attached hydrogens (tertiary/aromatic N) is 4. The van der Waals surface area contributed by atoms with Crippen LogP contribution >= 0.6 is 0 Å². The van der Waals surface area contributed by atoms with Gasteiger partial charge in [0.25, 0.3) is 5.56 Å². The molecule has 152 valence electrons. The molecule has 4 aromatic rings. The molecule has 0 unspecified atom stereocenters. The molecule has 4 rings (SSSR count). The van der Waals surface area contributed by atoms with Gasteiger partial charge in [-0.25, -0.2) is 14.5 Å². The van der Waals surface area contributed by atoms with Gasteiger partial charge in [-0.15, -0.1) is 0 Å². The van der Waals surface area contributed by atoms with Gasteiger partial charge < -0.3 is 9.88 Å². The molecule has 30 heavy (non-hydrogen) atoms.